The maximum atomic E-state index is 11.5. The summed E-state index contributed by atoms with van der Waals surface area (Å²) in [5.41, 5.74) is -0.842. The fourth-order valence-electron chi connectivity index (χ4n) is 2.48. The first-order valence-corrected chi connectivity index (χ1v) is 6.96. The van der Waals surface area contributed by atoms with Crippen LogP contribution in [0.15, 0.2) is 0 Å². The zero-order valence-corrected chi connectivity index (χ0v) is 12.4. The molecule has 106 valence electrons. The molecule has 0 bridgehead atoms. The van der Waals surface area contributed by atoms with E-state index in [1.807, 2.05) is 13.8 Å². The average molecular weight is 256 g/mol. The van der Waals surface area contributed by atoms with Gasteiger partial charge >= 0.3 is 5.97 Å². The number of rotatable bonds is 8. The van der Waals surface area contributed by atoms with Crippen LogP contribution in [0, 0.1) is 5.92 Å². The lowest BCUT2D eigenvalue weighted by molar-refractivity contribution is -0.145. The summed E-state index contributed by atoms with van der Waals surface area (Å²) < 4.78 is 0. The topological polar surface area (TPSA) is 52.6 Å². The van der Waals surface area contributed by atoms with Crippen molar-refractivity contribution in [3.63, 3.8) is 0 Å². The van der Waals surface area contributed by atoms with Crippen LogP contribution >= 0.6 is 0 Å². The Kier molecular flexibility index (Phi) is 5.17. The van der Waals surface area contributed by atoms with E-state index >= 15 is 0 Å². The van der Waals surface area contributed by atoms with Crippen LogP contribution in [0.1, 0.15) is 47.0 Å². The molecule has 1 fully saturated rings. The fraction of sp³-hybridized carbons (Fsp3) is 0.929. The Morgan fingerprint density at radius 3 is 2.39 bits per heavy atom. The number of hydrogen-bond acceptors (Lipinski definition) is 3. The Bertz CT molecular complexity index is 290. The van der Waals surface area contributed by atoms with Crippen LogP contribution < -0.4 is 5.32 Å². The second-order valence-corrected chi connectivity index (χ2v) is 6.37. The fourth-order valence-corrected chi connectivity index (χ4v) is 2.48. The summed E-state index contributed by atoms with van der Waals surface area (Å²) in [6.07, 6.45) is 3.29. The van der Waals surface area contributed by atoms with E-state index in [4.69, 9.17) is 0 Å². The van der Waals surface area contributed by atoms with E-state index in [2.05, 4.69) is 24.2 Å². The van der Waals surface area contributed by atoms with E-state index in [1.54, 1.807) is 6.92 Å². The number of carbonyl (C=O) groups is 1. The summed E-state index contributed by atoms with van der Waals surface area (Å²) >= 11 is 0. The van der Waals surface area contributed by atoms with E-state index in [-0.39, 0.29) is 12.1 Å². The second kappa shape index (κ2) is 6.02. The van der Waals surface area contributed by atoms with Crippen LogP contribution in [0.3, 0.4) is 0 Å². The molecule has 1 rings (SSSR count). The molecule has 4 heteroatoms. The summed E-state index contributed by atoms with van der Waals surface area (Å²) in [5, 5.41) is 12.6. The van der Waals surface area contributed by atoms with E-state index in [9.17, 15) is 9.90 Å². The maximum absolute atomic E-state index is 11.5. The molecule has 18 heavy (non-hydrogen) atoms. The van der Waals surface area contributed by atoms with Gasteiger partial charge in [0.1, 0.15) is 5.54 Å². The van der Waals surface area contributed by atoms with Crippen molar-refractivity contribution in [3.8, 4) is 0 Å². The molecular formula is C14H28N2O2. The van der Waals surface area contributed by atoms with Gasteiger partial charge in [0.15, 0.2) is 0 Å². The molecule has 0 aliphatic heterocycles. The van der Waals surface area contributed by atoms with E-state index < -0.39 is 11.5 Å². The number of aliphatic carboxylic acids is 1. The van der Waals surface area contributed by atoms with Crippen molar-refractivity contribution in [2.45, 2.75) is 64.6 Å². The quantitative estimate of drug-likeness (QED) is 0.697. The lowest BCUT2D eigenvalue weighted by Gasteiger charge is -2.34. The van der Waals surface area contributed by atoms with Gasteiger partial charge in [-0.25, -0.2) is 0 Å². The van der Waals surface area contributed by atoms with Crippen LogP contribution in [0.25, 0.3) is 0 Å². The van der Waals surface area contributed by atoms with Gasteiger partial charge in [-0.1, -0.05) is 0 Å². The predicted molar refractivity (Wildman–Crippen MR) is 73.7 cm³/mol. The SMILES string of the molecule is CC(C)NC(C)(CC(C)N(C)CC1CC1)C(=O)O. The molecule has 0 aromatic rings. The van der Waals surface area contributed by atoms with Gasteiger partial charge in [-0.2, -0.15) is 0 Å². The number of hydrogen-bond donors (Lipinski definition) is 2. The molecule has 0 aromatic carbocycles. The number of nitrogens with one attached hydrogen (secondary N) is 1. The summed E-state index contributed by atoms with van der Waals surface area (Å²) in [6.45, 7) is 8.97. The third-order valence-electron chi connectivity index (χ3n) is 3.78. The minimum absolute atomic E-state index is 0.173. The summed E-state index contributed by atoms with van der Waals surface area (Å²) in [5.74, 6) is 0.0782. The highest BCUT2D eigenvalue weighted by Gasteiger charge is 2.36. The second-order valence-electron chi connectivity index (χ2n) is 6.37. The molecule has 1 aliphatic rings. The smallest absolute Gasteiger partial charge is 0.323 e. The predicted octanol–water partition coefficient (Wildman–Crippen LogP) is 1.95. The lowest BCUT2D eigenvalue weighted by atomic mass is 9.92. The van der Waals surface area contributed by atoms with Gasteiger partial charge in [-0.05, 0) is 59.9 Å². The summed E-state index contributed by atoms with van der Waals surface area (Å²) in [6, 6.07) is 0.449. The maximum Gasteiger partial charge on any atom is 0.323 e. The molecule has 0 spiro atoms. The van der Waals surface area contributed by atoms with Crippen molar-refractivity contribution in [2.75, 3.05) is 13.6 Å². The molecule has 2 unspecified atom stereocenters. The van der Waals surface area contributed by atoms with E-state index in [0.29, 0.717) is 6.42 Å². The van der Waals surface area contributed by atoms with Crippen LogP contribution in [0.2, 0.25) is 0 Å². The van der Waals surface area contributed by atoms with Gasteiger partial charge in [0.2, 0.25) is 0 Å². The minimum Gasteiger partial charge on any atom is -0.480 e. The molecule has 4 nitrogen and oxygen atoms in total. The molecule has 0 saturated heterocycles. The van der Waals surface area contributed by atoms with Crippen molar-refractivity contribution in [2.24, 2.45) is 5.92 Å². The van der Waals surface area contributed by atoms with Gasteiger partial charge in [-0.15, -0.1) is 0 Å². The first kappa shape index (κ1) is 15.4. The standard InChI is InChI=1S/C14H28N2O2/c1-10(2)15-14(4,13(17)18)8-11(3)16(5)9-12-6-7-12/h10-12,15H,6-9H2,1-5H3,(H,17,18). The highest BCUT2D eigenvalue weighted by atomic mass is 16.4. The molecule has 1 aliphatic carbocycles. The number of carboxylic acids is 1. The van der Waals surface area contributed by atoms with Crippen LogP contribution in [0.4, 0.5) is 0 Å². The molecule has 0 amide bonds. The van der Waals surface area contributed by atoms with Gasteiger partial charge in [0.25, 0.3) is 0 Å². The first-order chi connectivity index (χ1) is 8.24. The van der Waals surface area contributed by atoms with Gasteiger partial charge in [0, 0.05) is 18.6 Å². The number of nitrogens with zero attached hydrogens (tertiary/aromatic N) is 1. The van der Waals surface area contributed by atoms with E-state index in [1.165, 1.54) is 12.8 Å². The van der Waals surface area contributed by atoms with Crippen molar-refractivity contribution in [1.82, 2.24) is 10.2 Å². The number of carboxylic acid groups (broad SMARTS) is 1. The molecule has 0 heterocycles. The average Bonchev–Trinajstić information content (AvgIpc) is 2.99. The largest absolute Gasteiger partial charge is 0.480 e. The zero-order chi connectivity index (χ0) is 13.9. The Hall–Kier alpha value is -0.610. The molecule has 2 atom stereocenters. The monoisotopic (exact) mass is 256 g/mol. The Morgan fingerprint density at radius 1 is 1.44 bits per heavy atom. The normalized spacial score (nSPS) is 21.1. The first-order valence-electron chi connectivity index (χ1n) is 6.96. The van der Waals surface area contributed by atoms with Crippen molar-refractivity contribution < 1.29 is 9.90 Å². The van der Waals surface area contributed by atoms with Crippen molar-refractivity contribution in [1.29, 1.82) is 0 Å². The van der Waals surface area contributed by atoms with Gasteiger partial charge in [-0.3, -0.25) is 10.1 Å². The van der Waals surface area contributed by atoms with Crippen LogP contribution in [-0.2, 0) is 4.79 Å². The zero-order valence-electron chi connectivity index (χ0n) is 12.4. The summed E-state index contributed by atoms with van der Waals surface area (Å²) in [4.78, 5) is 13.8. The Balaban J connectivity index is 2.55. The molecular weight excluding hydrogens is 228 g/mol. The van der Waals surface area contributed by atoms with Gasteiger partial charge < -0.3 is 10.0 Å². The lowest BCUT2D eigenvalue weighted by Crippen LogP contribution is -2.55. The third-order valence-corrected chi connectivity index (χ3v) is 3.78. The molecule has 0 aromatic heterocycles. The minimum atomic E-state index is -0.842. The molecule has 1 saturated carbocycles. The van der Waals surface area contributed by atoms with Crippen molar-refractivity contribution in [3.05, 3.63) is 0 Å². The highest BCUT2D eigenvalue weighted by Crippen LogP contribution is 2.30. The van der Waals surface area contributed by atoms with Crippen molar-refractivity contribution >= 4 is 5.97 Å². The Morgan fingerprint density at radius 2 is 2.00 bits per heavy atom. The Labute approximate surface area is 111 Å². The van der Waals surface area contributed by atoms with Crippen LogP contribution in [-0.4, -0.2) is 47.2 Å². The van der Waals surface area contributed by atoms with Crippen LogP contribution in [0.5, 0.6) is 0 Å². The molecule has 2 N–H and O–H groups in total. The van der Waals surface area contributed by atoms with Gasteiger partial charge in [0.05, 0.1) is 0 Å². The summed E-state index contributed by atoms with van der Waals surface area (Å²) in [7, 11) is 2.10. The highest BCUT2D eigenvalue weighted by molar-refractivity contribution is 5.78. The third kappa shape index (κ3) is 4.58. The van der Waals surface area contributed by atoms with E-state index in [0.717, 1.165) is 12.5 Å². The molecule has 0 radical (unpaired) electrons.